The van der Waals surface area contributed by atoms with Gasteiger partial charge in [-0.25, -0.2) is 19.6 Å². The molecule has 0 saturated carbocycles. The van der Waals surface area contributed by atoms with Gasteiger partial charge in [-0.1, -0.05) is 82.8 Å². The fourth-order valence-corrected chi connectivity index (χ4v) is 4.03. The van der Waals surface area contributed by atoms with Crippen LogP contribution in [0.3, 0.4) is 0 Å². The second-order valence-electron chi connectivity index (χ2n) is 8.34. The van der Waals surface area contributed by atoms with Gasteiger partial charge in [-0.2, -0.15) is 0 Å². The molecule has 0 bridgehead atoms. The van der Waals surface area contributed by atoms with Crippen LogP contribution in [0.15, 0.2) is 97.1 Å². The minimum atomic E-state index is -1.26. The molecular weight excluding hydrogens is 626 g/mol. The molecule has 0 radical (unpaired) electrons. The second-order valence-corrected chi connectivity index (χ2v) is 9.97. The van der Waals surface area contributed by atoms with Gasteiger partial charge in [0.05, 0.1) is 31.5 Å². The lowest BCUT2D eigenvalue weighted by atomic mass is 10.3. The number of para-hydroxylation sites is 2. The van der Waals surface area contributed by atoms with Crippen molar-refractivity contribution in [1.29, 1.82) is 0 Å². The summed E-state index contributed by atoms with van der Waals surface area (Å²) in [4.78, 5) is 52.4. The van der Waals surface area contributed by atoms with Crippen molar-refractivity contribution in [2.75, 3.05) is 20.7 Å². The summed E-state index contributed by atoms with van der Waals surface area (Å²) >= 11 is 24.0. The number of hydrogen-bond donors (Lipinski definition) is 4. The Labute approximate surface area is 260 Å². The van der Waals surface area contributed by atoms with E-state index in [-0.39, 0.29) is 42.8 Å². The highest BCUT2D eigenvalue weighted by Gasteiger charge is 2.27. The van der Waals surface area contributed by atoms with E-state index in [1.54, 1.807) is 36.4 Å². The highest BCUT2D eigenvalue weighted by Crippen LogP contribution is 2.26. The number of nitrogens with zero attached hydrogens (tertiary/aromatic N) is 2. The Hall–Kier alpha value is -4.48. The molecule has 0 aliphatic carbocycles. The number of halogens is 4. The topological polar surface area (TPSA) is 123 Å². The lowest BCUT2D eigenvalue weighted by Gasteiger charge is -2.26. The van der Waals surface area contributed by atoms with Crippen LogP contribution < -0.4 is 31.5 Å². The number of rotatable bonds is 4. The van der Waals surface area contributed by atoms with Crippen molar-refractivity contribution in [3.05, 3.63) is 117 Å². The number of carbonyl (C=O) groups is 4. The van der Waals surface area contributed by atoms with Gasteiger partial charge in [0.2, 0.25) is 0 Å². The van der Waals surface area contributed by atoms with Crippen molar-refractivity contribution >= 4 is 93.0 Å². The van der Waals surface area contributed by atoms with E-state index < -0.39 is 23.9 Å². The van der Waals surface area contributed by atoms with Crippen LogP contribution in [-0.4, -0.2) is 23.9 Å². The summed E-state index contributed by atoms with van der Waals surface area (Å²) in [6.45, 7) is 0. The molecule has 214 valence electrons. The number of anilines is 4. The number of amides is 6. The van der Waals surface area contributed by atoms with Crippen molar-refractivity contribution in [2.24, 2.45) is 0 Å². The molecule has 0 saturated heterocycles. The van der Waals surface area contributed by atoms with Crippen molar-refractivity contribution in [2.45, 2.75) is 0 Å². The van der Waals surface area contributed by atoms with Gasteiger partial charge in [0.1, 0.15) is 0 Å². The van der Waals surface area contributed by atoms with Crippen LogP contribution in [0.25, 0.3) is 0 Å². The molecule has 0 aromatic heterocycles. The first-order chi connectivity index (χ1) is 20.1. The number of carbonyl (C=O) groups excluding carboxylic acids is 4. The molecule has 42 heavy (non-hydrogen) atoms. The van der Waals surface area contributed by atoms with E-state index in [0.717, 1.165) is 10.0 Å². The first-order valence-corrected chi connectivity index (χ1v) is 13.5. The summed E-state index contributed by atoms with van der Waals surface area (Å²) in [6, 6.07) is 23.3. The van der Waals surface area contributed by atoms with Gasteiger partial charge in [-0.05, 0) is 60.7 Å². The third-order valence-electron chi connectivity index (χ3n) is 5.41. The molecule has 0 aliphatic rings. The molecule has 0 fully saturated rings. The zero-order valence-corrected chi connectivity index (χ0v) is 24.3. The molecule has 0 spiro atoms. The van der Waals surface area contributed by atoms with E-state index in [4.69, 9.17) is 46.4 Å². The molecule has 0 aliphatic heterocycles. The Balaban J connectivity index is 1.53. The summed E-state index contributed by atoms with van der Waals surface area (Å²) < 4.78 is 0. The molecular formula is C28H20Cl4N6O4. The summed E-state index contributed by atoms with van der Waals surface area (Å²) in [6.07, 6.45) is 0. The fourth-order valence-electron chi connectivity index (χ4n) is 3.43. The van der Waals surface area contributed by atoms with Gasteiger partial charge in [0, 0.05) is 11.4 Å². The second kappa shape index (κ2) is 13.9. The predicted octanol–water partition coefficient (Wildman–Crippen LogP) is 7.14. The molecule has 14 heteroatoms. The van der Waals surface area contributed by atoms with Gasteiger partial charge < -0.3 is 10.6 Å². The monoisotopic (exact) mass is 644 g/mol. The third kappa shape index (κ3) is 7.83. The Kier molecular flexibility index (Phi) is 10.1. The lowest BCUT2D eigenvalue weighted by molar-refractivity contribution is -0.139. The predicted molar refractivity (Wildman–Crippen MR) is 165 cm³/mol. The first-order valence-electron chi connectivity index (χ1n) is 12.0. The van der Waals surface area contributed by atoms with Gasteiger partial charge in [0.25, 0.3) is 0 Å². The summed E-state index contributed by atoms with van der Waals surface area (Å²) in [7, 11) is 0. The average molecular weight is 646 g/mol. The van der Waals surface area contributed by atoms with Crippen LogP contribution in [0.2, 0.25) is 20.1 Å². The highest BCUT2D eigenvalue weighted by molar-refractivity contribution is 6.42. The van der Waals surface area contributed by atoms with Crippen molar-refractivity contribution in [3.8, 4) is 0 Å². The molecule has 4 aromatic rings. The quantitative estimate of drug-likeness (QED) is 0.139. The number of hydrazine groups is 2. The molecule has 4 N–H and O–H groups in total. The normalized spacial score (nSPS) is 10.3. The molecule has 10 nitrogen and oxygen atoms in total. The molecule has 0 heterocycles. The number of hydrogen-bond acceptors (Lipinski definition) is 4. The van der Waals surface area contributed by atoms with Crippen molar-refractivity contribution < 1.29 is 19.2 Å². The fraction of sp³-hybridized carbons (Fsp3) is 0. The third-order valence-corrected chi connectivity index (χ3v) is 6.89. The summed E-state index contributed by atoms with van der Waals surface area (Å²) in [5, 5.41) is 7.77. The van der Waals surface area contributed by atoms with Crippen LogP contribution in [0.1, 0.15) is 0 Å². The Morgan fingerprint density at radius 3 is 1.17 bits per heavy atom. The smallest absolute Gasteiger partial charge is 0.306 e. The maximum Gasteiger partial charge on any atom is 0.345 e. The lowest BCUT2D eigenvalue weighted by Crippen LogP contribution is -2.57. The number of benzene rings is 4. The highest BCUT2D eigenvalue weighted by atomic mass is 35.5. The van der Waals surface area contributed by atoms with Crippen LogP contribution in [0, 0.1) is 0 Å². The van der Waals surface area contributed by atoms with E-state index in [0.29, 0.717) is 0 Å². The van der Waals surface area contributed by atoms with E-state index in [9.17, 15) is 19.2 Å². The minimum Gasteiger partial charge on any atom is -0.306 e. The first kappa shape index (κ1) is 30.5. The summed E-state index contributed by atoms with van der Waals surface area (Å²) in [5.41, 5.74) is 5.54. The zero-order valence-electron chi connectivity index (χ0n) is 21.3. The van der Waals surface area contributed by atoms with Gasteiger partial charge >= 0.3 is 23.9 Å². The van der Waals surface area contributed by atoms with E-state index in [1.807, 2.05) is 0 Å². The zero-order chi connectivity index (χ0) is 30.2. The standard InChI is InChI=1S/C28H20Cl4N6O4/c29-21-13-11-17(15-23(21)31)33-27(41)37(19-7-3-1-4-8-19)35-25(39)26(40)36-38(20-9-5-2-6-10-20)28(42)34-18-12-14-22(30)24(32)16-18/h1-16H,(H,33,41)(H,34,42)(H,35,39)(H,36,40). The summed E-state index contributed by atoms with van der Waals surface area (Å²) in [5.74, 6) is -2.52. The van der Waals surface area contributed by atoms with Crippen LogP contribution in [-0.2, 0) is 9.59 Å². The van der Waals surface area contributed by atoms with E-state index in [2.05, 4.69) is 21.5 Å². The molecule has 0 unspecified atom stereocenters. The van der Waals surface area contributed by atoms with E-state index in [1.165, 1.54) is 60.7 Å². The van der Waals surface area contributed by atoms with Crippen molar-refractivity contribution in [3.63, 3.8) is 0 Å². The molecule has 4 rings (SSSR count). The van der Waals surface area contributed by atoms with Gasteiger partial charge in [-0.15, -0.1) is 0 Å². The number of urea groups is 2. The molecule has 6 amide bonds. The maximum absolute atomic E-state index is 13.2. The molecule has 4 aromatic carbocycles. The molecule has 0 atom stereocenters. The van der Waals surface area contributed by atoms with Crippen LogP contribution in [0.5, 0.6) is 0 Å². The van der Waals surface area contributed by atoms with Crippen molar-refractivity contribution in [1.82, 2.24) is 10.9 Å². The number of nitrogens with one attached hydrogen (secondary N) is 4. The van der Waals surface area contributed by atoms with Gasteiger partial charge in [-0.3, -0.25) is 20.4 Å². The minimum absolute atomic E-state index is 0.198. The Morgan fingerprint density at radius 1 is 0.476 bits per heavy atom. The average Bonchev–Trinajstić information content (AvgIpc) is 2.99. The van der Waals surface area contributed by atoms with Crippen LogP contribution in [0.4, 0.5) is 32.3 Å². The SMILES string of the molecule is O=C(NN(C(=O)Nc1ccc(Cl)c(Cl)c1)c1ccccc1)C(=O)NN(C(=O)Nc1ccc(Cl)c(Cl)c1)c1ccccc1. The largest absolute Gasteiger partial charge is 0.345 e. The maximum atomic E-state index is 13.2. The van der Waals surface area contributed by atoms with E-state index >= 15 is 0 Å². The van der Waals surface area contributed by atoms with Gasteiger partial charge in [0.15, 0.2) is 0 Å². The van der Waals surface area contributed by atoms with Crippen LogP contribution >= 0.6 is 46.4 Å². The Morgan fingerprint density at radius 2 is 0.833 bits per heavy atom. The Bertz CT molecular complexity index is 1500.